The highest BCUT2D eigenvalue weighted by Gasteiger charge is 2.07. The van der Waals surface area contributed by atoms with Crippen LogP contribution in [0.4, 0.5) is 0 Å². The van der Waals surface area contributed by atoms with Crippen LogP contribution in [0.3, 0.4) is 0 Å². The third kappa shape index (κ3) is 3.64. The number of pyridine rings is 1. The summed E-state index contributed by atoms with van der Waals surface area (Å²) in [7, 11) is 0. The molecule has 0 aliphatic rings. The topological polar surface area (TPSA) is 39.2 Å². The molecule has 1 aromatic rings. The Morgan fingerprint density at radius 2 is 2.40 bits per heavy atom. The average Bonchev–Trinajstić information content (AvgIpc) is 2.27. The van der Waals surface area contributed by atoms with Gasteiger partial charge in [-0.3, -0.25) is 0 Å². The van der Waals surface area contributed by atoms with Gasteiger partial charge in [0.05, 0.1) is 12.4 Å². The van der Waals surface area contributed by atoms with E-state index in [4.69, 9.17) is 4.74 Å². The molecule has 0 unspecified atom stereocenters. The number of rotatable bonds is 2. The molecule has 0 spiro atoms. The summed E-state index contributed by atoms with van der Waals surface area (Å²) in [4.78, 5) is 15.4. The van der Waals surface area contributed by atoms with Crippen LogP contribution in [0.2, 0.25) is 0 Å². The number of aromatic nitrogens is 1. The second-order valence-corrected chi connectivity index (χ2v) is 2.90. The van der Waals surface area contributed by atoms with E-state index in [2.05, 4.69) is 29.5 Å². The maximum atomic E-state index is 11.3. The van der Waals surface area contributed by atoms with Crippen LogP contribution in [0, 0.1) is 11.8 Å². The molecule has 0 aromatic carbocycles. The molecule has 1 rings (SSSR count). The zero-order chi connectivity index (χ0) is 11.1. The van der Waals surface area contributed by atoms with Gasteiger partial charge in [-0.15, -0.1) is 0 Å². The van der Waals surface area contributed by atoms with Gasteiger partial charge in [0.15, 0.2) is 0 Å². The predicted molar refractivity (Wildman–Crippen MR) is 60.9 cm³/mol. The van der Waals surface area contributed by atoms with Crippen LogP contribution < -0.4 is 0 Å². The van der Waals surface area contributed by atoms with Crippen molar-refractivity contribution >= 4 is 18.6 Å². The number of ether oxygens (including phenoxy) is 1. The summed E-state index contributed by atoms with van der Waals surface area (Å²) in [6.07, 6.45) is 0. The van der Waals surface area contributed by atoms with Crippen LogP contribution in [0.25, 0.3) is 0 Å². The van der Waals surface area contributed by atoms with Crippen molar-refractivity contribution in [3.05, 3.63) is 29.6 Å². The molecule has 0 fully saturated rings. The average molecular weight is 221 g/mol. The van der Waals surface area contributed by atoms with Crippen molar-refractivity contribution in [2.45, 2.75) is 6.92 Å². The van der Waals surface area contributed by atoms with Crippen molar-refractivity contribution in [1.29, 1.82) is 0 Å². The predicted octanol–water partition coefficient (Wildman–Crippen LogP) is 1.54. The van der Waals surface area contributed by atoms with Crippen LogP contribution in [0.5, 0.6) is 0 Å². The van der Waals surface area contributed by atoms with Crippen LogP contribution in [-0.4, -0.2) is 23.3 Å². The Labute approximate surface area is 94.3 Å². The Hall–Kier alpha value is -1.47. The van der Waals surface area contributed by atoms with E-state index in [1.165, 1.54) is 0 Å². The molecule has 0 atom stereocenters. The van der Waals surface area contributed by atoms with Crippen LogP contribution >= 0.6 is 12.6 Å². The molecular weight excluding hydrogens is 210 g/mol. The van der Waals surface area contributed by atoms with Gasteiger partial charge in [-0.25, -0.2) is 9.78 Å². The molecular formula is C11H11NO2S. The smallest absolute Gasteiger partial charge is 0.356 e. The summed E-state index contributed by atoms with van der Waals surface area (Å²) in [6.45, 7) is 2.09. The SMILES string of the molecule is CCOC(=O)c1cccc(C#CCS)n1. The van der Waals surface area contributed by atoms with Crippen molar-refractivity contribution in [3.63, 3.8) is 0 Å². The number of nitrogens with zero attached hydrogens (tertiary/aromatic N) is 1. The molecule has 4 heteroatoms. The monoisotopic (exact) mass is 221 g/mol. The Kier molecular flexibility index (Phi) is 4.72. The van der Waals surface area contributed by atoms with Gasteiger partial charge in [0, 0.05) is 0 Å². The summed E-state index contributed by atoms with van der Waals surface area (Å²) in [5.74, 6) is 5.59. The Morgan fingerprint density at radius 3 is 3.07 bits per heavy atom. The second kappa shape index (κ2) is 6.10. The van der Waals surface area contributed by atoms with E-state index >= 15 is 0 Å². The molecule has 78 valence electrons. The number of esters is 1. The van der Waals surface area contributed by atoms with Crippen molar-refractivity contribution in [2.75, 3.05) is 12.4 Å². The fourth-order valence-corrected chi connectivity index (χ4v) is 1.03. The molecule has 15 heavy (non-hydrogen) atoms. The summed E-state index contributed by atoms with van der Waals surface area (Å²) in [5, 5.41) is 0. The van der Waals surface area contributed by atoms with Gasteiger partial charge in [0.1, 0.15) is 11.4 Å². The number of hydrogen-bond donors (Lipinski definition) is 1. The zero-order valence-corrected chi connectivity index (χ0v) is 9.25. The fourth-order valence-electron chi connectivity index (χ4n) is 0.953. The molecule has 0 N–H and O–H groups in total. The van der Waals surface area contributed by atoms with E-state index in [1.807, 2.05) is 0 Å². The third-order valence-electron chi connectivity index (χ3n) is 1.53. The van der Waals surface area contributed by atoms with Gasteiger partial charge in [-0.05, 0) is 25.0 Å². The van der Waals surface area contributed by atoms with E-state index in [0.717, 1.165) is 0 Å². The Bertz CT molecular complexity index is 407. The molecule has 0 amide bonds. The van der Waals surface area contributed by atoms with Crippen molar-refractivity contribution < 1.29 is 9.53 Å². The number of hydrogen-bond acceptors (Lipinski definition) is 4. The summed E-state index contributed by atoms with van der Waals surface area (Å²) in [6, 6.07) is 5.06. The van der Waals surface area contributed by atoms with Gasteiger partial charge >= 0.3 is 5.97 Å². The second-order valence-electron chi connectivity index (χ2n) is 2.59. The van der Waals surface area contributed by atoms with E-state index in [9.17, 15) is 4.79 Å². The molecule has 0 bridgehead atoms. The van der Waals surface area contributed by atoms with Gasteiger partial charge in [0.25, 0.3) is 0 Å². The van der Waals surface area contributed by atoms with Crippen molar-refractivity contribution in [2.24, 2.45) is 0 Å². The van der Waals surface area contributed by atoms with Crippen LogP contribution in [0.1, 0.15) is 23.1 Å². The quantitative estimate of drug-likeness (QED) is 0.468. The minimum absolute atomic E-state index is 0.280. The highest BCUT2D eigenvalue weighted by atomic mass is 32.1. The fraction of sp³-hybridized carbons (Fsp3) is 0.273. The first-order valence-electron chi connectivity index (χ1n) is 4.52. The molecule has 1 heterocycles. The first-order valence-corrected chi connectivity index (χ1v) is 5.15. The molecule has 0 aliphatic heterocycles. The van der Waals surface area contributed by atoms with E-state index in [0.29, 0.717) is 18.1 Å². The van der Waals surface area contributed by atoms with Gasteiger partial charge in [0.2, 0.25) is 0 Å². The highest BCUT2D eigenvalue weighted by molar-refractivity contribution is 7.80. The molecule has 0 radical (unpaired) electrons. The Morgan fingerprint density at radius 1 is 1.60 bits per heavy atom. The zero-order valence-electron chi connectivity index (χ0n) is 8.36. The maximum Gasteiger partial charge on any atom is 0.356 e. The lowest BCUT2D eigenvalue weighted by Gasteiger charge is -2.00. The van der Waals surface area contributed by atoms with Crippen molar-refractivity contribution in [3.8, 4) is 11.8 Å². The van der Waals surface area contributed by atoms with Crippen LogP contribution in [-0.2, 0) is 4.74 Å². The highest BCUT2D eigenvalue weighted by Crippen LogP contribution is 2.00. The molecule has 1 aromatic heterocycles. The van der Waals surface area contributed by atoms with Gasteiger partial charge < -0.3 is 4.74 Å². The lowest BCUT2D eigenvalue weighted by Crippen LogP contribution is -2.07. The number of carbonyl (C=O) groups excluding carboxylic acids is 1. The molecule has 0 aliphatic carbocycles. The van der Waals surface area contributed by atoms with Gasteiger partial charge in [-0.2, -0.15) is 12.6 Å². The van der Waals surface area contributed by atoms with E-state index in [1.54, 1.807) is 25.1 Å². The summed E-state index contributed by atoms with van der Waals surface area (Å²) < 4.78 is 4.82. The van der Waals surface area contributed by atoms with E-state index < -0.39 is 5.97 Å². The van der Waals surface area contributed by atoms with Crippen LogP contribution in [0.15, 0.2) is 18.2 Å². The first-order chi connectivity index (χ1) is 7.27. The summed E-state index contributed by atoms with van der Waals surface area (Å²) in [5.41, 5.74) is 0.831. The molecule has 3 nitrogen and oxygen atoms in total. The number of thiol groups is 1. The lowest BCUT2D eigenvalue weighted by molar-refractivity contribution is 0.0519. The minimum atomic E-state index is -0.424. The third-order valence-corrected chi connectivity index (χ3v) is 1.69. The molecule has 0 saturated heterocycles. The largest absolute Gasteiger partial charge is 0.461 e. The minimum Gasteiger partial charge on any atom is -0.461 e. The number of carbonyl (C=O) groups is 1. The molecule has 0 saturated carbocycles. The lowest BCUT2D eigenvalue weighted by atomic mass is 10.3. The first kappa shape index (κ1) is 11.6. The van der Waals surface area contributed by atoms with E-state index in [-0.39, 0.29) is 5.69 Å². The van der Waals surface area contributed by atoms with Gasteiger partial charge in [-0.1, -0.05) is 12.0 Å². The normalized spacial score (nSPS) is 8.93. The Balaban J connectivity index is 2.87. The summed E-state index contributed by atoms with van der Waals surface area (Å²) >= 11 is 3.96. The van der Waals surface area contributed by atoms with Crippen molar-refractivity contribution in [1.82, 2.24) is 4.98 Å². The maximum absolute atomic E-state index is 11.3. The standard InChI is InChI=1S/C11H11NO2S/c1-2-14-11(13)10-7-3-5-9(12-10)6-4-8-15/h3,5,7,15H,2,8H2,1H3.